The van der Waals surface area contributed by atoms with Crippen molar-refractivity contribution in [3.05, 3.63) is 26.6 Å². The van der Waals surface area contributed by atoms with Gasteiger partial charge in [-0.25, -0.2) is 0 Å². The number of nitrogens with two attached hydrogens (primary N) is 1. The Kier molecular flexibility index (Phi) is 4.76. The lowest BCUT2D eigenvalue weighted by atomic mass is 10.0. The van der Waals surface area contributed by atoms with Gasteiger partial charge in [0, 0.05) is 16.1 Å². The first-order valence-corrected chi connectivity index (χ1v) is 6.04. The van der Waals surface area contributed by atoms with E-state index in [0.29, 0.717) is 10.0 Å². The summed E-state index contributed by atoms with van der Waals surface area (Å²) in [5.41, 5.74) is 6.30. The molecule has 1 atom stereocenters. The van der Waals surface area contributed by atoms with E-state index in [1.54, 1.807) is 12.1 Å². The van der Waals surface area contributed by atoms with Gasteiger partial charge in [-0.05, 0) is 28.1 Å². The Morgan fingerprint density at radius 2 is 2.19 bits per heavy atom. The molecule has 1 aromatic carbocycles. The third kappa shape index (κ3) is 3.20. The smallest absolute Gasteiger partial charge is 0.307 e. The largest absolute Gasteiger partial charge is 0.506 e. The summed E-state index contributed by atoms with van der Waals surface area (Å²) in [6.07, 6.45) is 0.0208. The first-order chi connectivity index (χ1) is 7.45. The van der Waals surface area contributed by atoms with Crippen LogP contribution < -0.4 is 5.73 Å². The number of methoxy groups -OCH3 is 1. The van der Waals surface area contributed by atoms with Crippen molar-refractivity contribution in [2.45, 2.75) is 12.5 Å². The monoisotopic (exact) mass is 351 g/mol. The summed E-state index contributed by atoms with van der Waals surface area (Å²) in [6, 6.07) is 2.78. The van der Waals surface area contributed by atoms with Crippen molar-refractivity contribution in [1.29, 1.82) is 0 Å². The summed E-state index contributed by atoms with van der Waals surface area (Å²) in [7, 11) is 1.30. The van der Waals surface area contributed by atoms with Crippen molar-refractivity contribution >= 4 is 37.8 Å². The standard InChI is InChI=1S/C10H11Br2NO3/c1-16-9(14)4-8(13)6-2-5(11)3-7(12)10(6)15/h2-3,8,15H,4,13H2,1H3/t8-/m0/s1. The maximum absolute atomic E-state index is 11.1. The molecule has 0 aliphatic carbocycles. The van der Waals surface area contributed by atoms with Gasteiger partial charge in [-0.2, -0.15) is 0 Å². The predicted molar refractivity (Wildman–Crippen MR) is 67.1 cm³/mol. The van der Waals surface area contributed by atoms with E-state index in [2.05, 4.69) is 36.6 Å². The third-order valence-corrected chi connectivity index (χ3v) is 3.13. The molecule has 88 valence electrons. The summed E-state index contributed by atoms with van der Waals surface area (Å²) >= 11 is 6.48. The van der Waals surface area contributed by atoms with Crippen molar-refractivity contribution < 1.29 is 14.6 Å². The molecular weight excluding hydrogens is 342 g/mol. The molecule has 6 heteroatoms. The molecule has 3 N–H and O–H groups in total. The molecule has 0 aromatic heterocycles. The van der Waals surface area contributed by atoms with Gasteiger partial charge in [0.1, 0.15) is 5.75 Å². The molecule has 0 unspecified atom stereocenters. The van der Waals surface area contributed by atoms with Gasteiger partial charge in [-0.15, -0.1) is 0 Å². The van der Waals surface area contributed by atoms with E-state index < -0.39 is 12.0 Å². The van der Waals surface area contributed by atoms with Gasteiger partial charge in [-0.1, -0.05) is 15.9 Å². The molecule has 0 amide bonds. The van der Waals surface area contributed by atoms with Gasteiger partial charge in [0.2, 0.25) is 0 Å². The highest BCUT2D eigenvalue weighted by molar-refractivity contribution is 9.11. The number of hydrogen-bond acceptors (Lipinski definition) is 4. The Hall–Kier alpha value is -0.590. The maximum atomic E-state index is 11.1. The topological polar surface area (TPSA) is 72.5 Å². The van der Waals surface area contributed by atoms with Gasteiger partial charge in [0.25, 0.3) is 0 Å². The summed E-state index contributed by atoms with van der Waals surface area (Å²) in [6.45, 7) is 0. The van der Waals surface area contributed by atoms with Crippen LogP contribution in [0.15, 0.2) is 21.1 Å². The van der Waals surface area contributed by atoms with Crippen molar-refractivity contribution in [2.75, 3.05) is 7.11 Å². The molecule has 0 bridgehead atoms. The van der Waals surface area contributed by atoms with E-state index in [1.807, 2.05) is 0 Å². The number of phenols is 1. The number of carbonyl (C=O) groups is 1. The Morgan fingerprint density at radius 3 is 2.75 bits per heavy atom. The quantitative estimate of drug-likeness (QED) is 0.819. The molecule has 0 saturated carbocycles. The zero-order valence-corrected chi connectivity index (χ0v) is 11.7. The maximum Gasteiger partial charge on any atom is 0.307 e. The number of benzene rings is 1. The van der Waals surface area contributed by atoms with Crippen LogP contribution in [0.5, 0.6) is 5.75 Å². The number of halogens is 2. The van der Waals surface area contributed by atoms with Crippen LogP contribution in [0.3, 0.4) is 0 Å². The van der Waals surface area contributed by atoms with Crippen molar-refractivity contribution in [2.24, 2.45) is 5.73 Å². The molecule has 16 heavy (non-hydrogen) atoms. The molecule has 1 aromatic rings. The number of rotatable bonds is 3. The highest BCUT2D eigenvalue weighted by Crippen LogP contribution is 2.35. The fourth-order valence-electron chi connectivity index (χ4n) is 1.24. The lowest BCUT2D eigenvalue weighted by Gasteiger charge is -2.14. The Labute approximate surface area is 110 Å². The Bertz CT molecular complexity index is 409. The normalized spacial score (nSPS) is 12.2. The molecule has 0 aliphatic heterocycles. The molecule has 4 nitrogen and oxygen atoms in total. The van der Waals surface area contributed by atoms with Gasteiger partial charge in [0.15, 0.2) is 0 Å². The van der Waals surface area contributed by atoms with Gasteiger partial charge >= 0.3 is 5.97 Å². The van der Waals surface area contributed by atoms with Crippen molar-refractivity contribution in [1.82, 2.24) is 0 Å². The van der Waals surface area contributed by atoms with E-state index in [1.165, 1.54) is 7.11 Å². The van der Waals surface area contributed by atoms with E-state index in [-0.39, 0.29) is 12.2 Å². The van der Waals surface area contributed by atoms with Crippen LogP contribution in [0.25, 0.3) is 0 Å². The first-order valence-electron chi connectivity index (χ1n) is 4.46. The Morgan fingerprint density at radius 1 is 1.56 bits per heavy atom. The summed E-state index contributed by atoms with van der Waals surface area (Å²) in [5, 5.41) is 9.78. The van der Waals surface area contributed by atoms with Crippen LogP contribution in [0, 0.1) is 0 Å². The molecule has 0 heterocycles. The van der Waals surface area contributed by atoms with Gasteiger partial charge in [-0.3, -0.25) is 4.79 Å². The minimum absolute atomic E-state index is 0.0208. The SMILES string of the molecule is COC(=O)C[C@H](N)c1cc(Br)cc(Br)c1O. The molecule has 1 rings (SSSR count). The summed E-state index contributed by atoms with van der Waals surface area (Å²) in [4.78, 5) is 11.1. The zero-order valence-electron chi connectivity index (χ0n) is 8.54. The van der Waals surface area contributed by atoms with E-state index in [0.717, 1.165) is 4.47 Å². The molecule has 0 fully saturated rings. The number of hydrogen-bond donors (Lipinski definition) is 2. The second kappa shape index (κ2) is 5.65. The minimum Gasteiger partial charge on any atom is -0.506 e. The number of aromatic hydroxyl groups is 1. The van der Waals surface area contributed by atoms with Crippen LogP contribution >= 0.6 is 31.9 Å². The van der Waals surface area contributed by atoms with E-state index in [9.17, 15) is 9.90 Å². The van der Waals surface area contributed by atoms with E-state index >= 15 is 0 Å². The average Bonchev–Trinajstić information content (AvgIpc) is 2.22. The number of esters is 1. The molecule has 0 radical (unpaired) electrons. The fourth-order valence-corrected chi connectivity index (χ4v) is 2.50. The number of phenolic OH excluding ortho intramolecular Hbond substituents is 1. The zero-order chi connectivity index (χ0) is 12.3. The van der Waals surface area contributed by atoms with Crippen molar-refractivity contribution in [3.8, 4) is 5.75 Å². The van der Waals surface area contributed by atoms with Crippen LogP contribution in [0.2, 0.25) is 0 Å². The summed E-state index contributed by atoms with van der Waals surface area (Å²) in [5.74, 6) is -0.373. The van der Waals surface area contributed by atoms with Crippen LogP contribution in [0.4, 0.5) is 0 Å². The number of ether oxygens (including phenoxy) is 1. The lowest BCUT2D eigenvalue weighted by Crippen LogP contribution is -2.16. The number of carbonyl (C=O) groups excluding carboxylic acids is 1. The molecule has 0 spiro atoms. The highest BCUT2D eigenvalue weighted by atomic mass is 79.9. The predicted octanol–water partition coefficient (Wildman–Crippen LogP) is 2.48. The van der Waals surface area contributed by atoms with Crippen LogP contribution in [-0.4, -0.2) is 18.2 Å². The van der Waals surface area contributed by atoms with Crippen LogP contribution in [0.1, 0.15) is 18.0 Å². The van der Waals surface area contributed by atoms with Gasteiger partial charge < -0.3 is 15.6 Å². The van der Waals surface area contributed by atoms with Crippen molar-refractivity contribution in [3.63, 3.8) is 0 Å². The molecule has 0 aliphatic rings. The molecular formula is C10H11Br2NO3. The highest BCUT2D eigenvalue weighted by Gasteiger charge is 2.17. The van der Waals surface area contributed by atoms with Crippen LogP contribution in [-0.2, 0) is 9.53 Å². The third-order valence-electron chi connectivity index (χ3n) is 2.07. The second-order valence-electron chi connectivity index (χ2n) is 3.21. The summed E-state index contributed by atoms with van der Waals surface area (Å²) < 4.78 is 5.81. The average molecular weight is 353 g/mol. The van der Waals surface area contributed by atoms with Gasteiger partial charge in [0.05, 0.1) is 18.0 Å². The lowest BCUT2D eigenvalue weighted by molar-refractivity contribution is -0.141. The first kappa shape index (κ1) is 13.5. The minimum atomic E-state index is -0.596. The second-order valence-corrected chi connectivity index (χ2v) is 4.98. The molecule has 0 saturated heterocycles. The Balaban J connectivity index is 2.99. The fraction of sp³-hybridized carbons (Fsp3) is 0.300. The van der Waals surface area contributed by atoms with E-state index in [4.69, 9.17) is 5.73 Å².